The first kappa shape index (κ1) is 12.6. The molecule has 0 saturated heterocycles. The van der Waals surface area contributed by atoms with Crippen LogP contribution in [0.4, 0.5) is 8.78 Å². The van der Waals surface area contributed by atoms with Crippen molar-refractivity contribution >= 4 is 18.4 Å². The third-order valence-electron chi connectivity index (χ3n) is 2.04. The minimum atomic E-state index is -2.90. The first-order valence-electron chi connectivity index (χ1n) is 3.77. The van der Waals surface area contributed by atoms with Crippen molar-refractivity contribution in [1.29, 1.82) is 0 Å². The molecule has 78 valence electrons. The highest BCUT2D eigenvalue weighted by molar-refractivity contribution is 5.85. The third kappa shape index (κ3) is 3.44. The van der Waals surface area contributed by atoms with Crippen molar-refractivity contribution in [3.05, 3.63) is 0 Å². The number of carboxylic acid groups (broad SMARTS) is 1. The van der Waals surface area contributed by atoms with E-state index in [-0.39, 0.29) is 18.8 Å². The monoisotopic (exact) mass is 215 g/mol. The van der Waals surface area contributed by atoms with Crippen LogP contribution in [0.15, 0.2) is 0 Å². The van der Waals surface area contributed by atoms with Gasteiger partial charge in [-0.1, -0.05) is 0 Å². The zero-order chi connectivity index (χ0) is 9.35. The van der Waals surface area contributed by atoms with E-state index in [9.17, 15) is 13.6 Å². The molecule has 0 aliphatic heterocycles. The van der Waals surface area contributed by atoms with Crippen LogP contribution < -0.4 is 5.73 Å². The highest BCUT2D eigenvalue weighted by atomic mass is 35.5. The molecule has 0 aromatic carbocycles. The van der Waals surface area contributed by atoms with Crippen LogP contribution in [0.1, 0.15) is 19.3 Å². The lowest BCUT2D eigenvalue weighted by molar-refractivity contribution is -0.149. The summed E-state index contributed by atoms with van der Waals surface area (Å²) in [5.74, 6) is -5.06. The van der Waals surface area contributed by atoms with Gasteiger partial charge in [-0.25, -0.2) is 8.78 Å². The molecule has 3 N–H and O–H groups in total. The molecule has 0 spiro atoms. The van der Waals surface area contributed by atoms with E-state index >= 15 is 0 Å². The number of carboxylic acids is 1. The summed E-state index contributed by atoms with van der Waals surface area (Å²) in [6, 6.07) is -0.685. The summed E-state index contributed by atoms with van der Waals surface area (Å²) in [5, 5.41) is 8.50. The Morgan fingerprint density at radius 2 is 2.00 bits per heavy atom. The topological polar surface area (TPSA) is 63.3 Å². The summed E-state index contributed by atoms with van der Waals surface area (Å²) in [6.07, 6.45) is -0.808. The third-order valence-corrected chi connectivity index (χ3v) is 2.04. The Hall–Kier alpha value is -0.420. The average Bonchev–Trinajstić information content (AvgIpc) is 1.82. The summed E-state index contributed by atoms with van der Waals surface area (Å²) < 4.78 is 25.4. The molecule has 1 rings (SSSR count). The van der Waals surface area contributed by atoms with Gasteiger partial charge in [0.05, 0.1) is 5.92 Å². The van der Waals surface area contributed by atoms with E-state index in [2.05, 4.69) is 0 Å². The molecule has 6 heteroatoms. The smallest absolute Gasteiger partial charge is 0.306 e. The fraction of sp³-hybridized carbons (Fsp3) is 0.857. The van der Waals surface area contributed by atoms with Crippen LogP contribution in [0.5, 0.6) is 0 Å². The maximum atomic E-state index is 12.7. The lowest BCUT2D eigenvalue weighted by Crippen LogP contribution is -2.41. The van der Waals surface area contributed by atoms with E-state index in [0.29, 0.717) is 0 Å². The second-order valence-corrected chi connectivity index (χ2v) is 3.30. The minimum Gasteiger partial charge on any atom is -0.481 e. The first-order chi connectivity index (χ1) is 5.41. The van der Waals surface area contributed by atoms with Gasteiger partial charge >= 0.3 is 5.97 Å². The van der Waals surface area contributed by atoms with Crippen LogP contribution in [0.2, 0.25) is 0 Å². The normalized spacial score (nSPS) is 31.9. The Bertz CT molecular complexity index is 201. The quantitative estimate of drug-likeness (QED) is 0.692. The Balaban J connectivity index is 0.00000144. The molecule has 0 amide bonds. The first-order valence-corrected chi connectivity index (χ1v) is 3.77. The van der Waals surface area contributed by atoms with Crippen LogP contribution in [0.25, 0.3) is 0 Å². The van der Waals surface area contributed by atoms with Gasteiger partial charge < -0.3 is 10.8 Å². The van der Waals surface area contributed by atoms with E-state index in [1.54, 1.807) is 0 Å². The molecule has 3 nitrogen and oxygen atoms in total. The largest absolute Gasteiger partial charge is 0.481 e. The van der Waals surface area contributed by atoms with E-state index < -0.39 is 36.7 Å². The predicted molar refractivity (Wildman–Crippen MR) is 45.1 cm³/mol. The van der Waals surface area contributed by atoms with Gasteiger partial charge in [0.1, 0.15) is 0 Å². The highest BCUT2D eigenvalue weighted by Gasteiger charge is 2.42. The van der Waals surface area contributed by atoms with Gasteiger partial charge in [-0.05, 0) is 6.42 Å². The number of hydrogen-bond donors (Lipinski definition) is 2. The maximum Gasteiger partial charge on any atom is 0.306 e. The van der Waals surface area contributed by atoms with E-state index in [0.717, 1.165) is 0 Å². The molecule has 1 aliphatic carbocycles. The van der Waals surface area contributed by atoms with Gasteiger partial charge in [0.15, 0.2) is 0 Å². The molecular formula is C7H12ClF2NO2. The number of alkyl halides is 2. The van der Waals surface area contributed by atoms with Gasteiger partial charge in [-0.15, -0.1) is 12.4 Å². The molecule has 0 aromatic rings. The Kier molecular flexibility index (Phi) is 4.06. The Morgan fingerprint density at radius 1 is 1.46 bits per heavy atom. The summed E-state index contributed by atoms with van der Waals surface area (Å²) in [5.41, 5.74) is 5.30. The summed E-state index contributed by atoms with van der Waals surface area (Å²) >= 11 is 0. The molecule has 0 heterocycles. The molecule has 0 unspecified atom stereocenters. The van der Waals surface area contributed by atoms with Crippen LogP contribution >= 0.6 is 12.4 Å². The van der Waals surface area contributed by atoms with Crippen molar-refractivity contribution in [2.75, 3.05) is 0 Å². The fourth-order valence-corrected chi connectivity index (χ4v) is 1.55. The summed E-state index contributed by atoms with van der Waals surface area (Å²) in [6.45, 7) is 0. The van der Waals surface area contributed by atoms with Crippen molar-refractivity contribution in [2.24, 2.45) is 11.7 Å². The van der Waals surface area contributed by atoms with Gasteiger partial charge in [0, 0.05) is 18.9 Å². The van der Waals surface area contributed by atoms with Gasteiger partial charge in [0.25, 0.3) is 5.92 Å². The lowest BCUT2D eigenvalue weighted by Gasteiger charge is -2.30. The van der Waals surface area contributed by atoms with Crippen molar-refractivity contribution in [1.82, 2.24) is 0 Å². The van der Waals surface area contributed by atoms with Gasteiger partial charge in [0.2, 0.25) is 0 Å². The summed E-state index contributed by atoms with van der Waals surface area (Å²) in [7, 11) is 0. The van der Waals surface area contributed by atoms with Crippen molar-refractivity contribution < 1.29 is 18.7 Å². The molecule has 2 atom stereocenters. The van der Waals surface area contributed by atoms with Crippen molar-refractivity contribution in [3.63, 3.8) is 0 Å². The van der Waals surface area contributed by atoms with Crippen molar-refractivity contribution in [2.45, 2.75) is 31.2 Å². The molecule has 1 aliphatic rings. The SMILES string of the molecule is Cl.N[C@@H]1C[C@H](C(=O)O)CC(F)(F)C1. The van der Waals surface area contributed by atoms with Crippen LogP contribution in [-0.4, -0.2) is 23.0 Å². The zero-order valence-electron chi connectivity index (χ0n) is 6.87. The zero-order valence-corrected chi connectivity index (χ0v) is 7.69. The Labute approximate surface area is 80.7 Å². The van der Waals surface area contributed by atoms with Gasteiger partial charge in [-0.3, -0.25) is 4.79 Å². The van der Waals surface area contributed by atoms with Crippen LogP contribution in [0, 0.1) is 5.92 Å². The second-order valence-electron chi connectivity index (χ2n) is 3.30. The fourth-order valence-electron chi connectivity index (χ4n) is 1.55. The van der Waals surface area contributed by atoms with E-state index in [1.807, 2.05) is 0 Å². The van der Waals surface area contributed by atoms with E-state index in [4.69, 9.17) is 10.8 Å². The predicted octanol–water partition coefficient (Wildman–Crippen LogP) is 1.26. The standard InChI is InChI=1S/C7H11F2NO2.ClH/c8-7(9)2-4(6(11)12)1-5(10)3-7;/h4-5H,1-3,10H2,(H,11,12);1H/t4-,5+;/m0./s1. The molecule has 0 radical (unpaired) electrons. The number of nitrogens with two attached hydrogens (primary N) is 1. The molecule has 1 saturated carbocycles. The highest BCUT2D eigenvalue weighted by Crippen LogP contribution is 2.36. The number of rotatable bonds is 1. The number of hydrogen-bond acceptors (Lipinski definition) is 2. The van der Waals surface area contributed by atoms with Crippen molar-refractivity contribution in [3.8, 4) is 0 Å². The van der Waals surface area contributed by atoms with Crippen LogP contribution in [-0.2, 0) is 4.79 Å². The Morgan fingerprint density at radius 3 is 2.38 bits per heavy atom. The summed E-state index contributed by atoms with van der Waals surface area (Å²) in [4.78, 5) is 10.4. The van der Waals surface area contributed by atoms with Crippen LogP contribution in [0.3, 0.4) is 0 Å². The molecule has 0 aromatic heterocycles. The number of halogens is 3. The second kappa shape index (κ2) is 4.19. The molecule has 0 bridgehead atoms. The minimum absolute atomic E-state index is 0. The van der Waals surface area contributed by atoms with Gasteiger partial charge in [-0.2, -0.15) is 0 Å². The number of aliphatic carboxylic acids is 1. The molecule has 1 fully saturated rings. The average molecular weight is 216 g/mol. The molecule has 13 heavy (non-hydrogen) atoms. The maximum absolute atomic E-state index is 12.7. The molecular weight excluding hydrogens is 204 g/mol. The van der Waals surface area contributed by atoms with E-state index in [1.165, 1.54) is 0 Å². The lowest BCUT2D eigenvalue weighted by atomic mass is 9.84. The number of carbonyl (C=O) groups is 1.